The molecule has 0 aliphatic heterocycles. The Morgan fingerprint density at radius 1 is 1.37 bits per heavy atom. The summed E-state index contributed by atoms with van der Waals surface area (Å²) in [6.45, 7) is 0. The summed E-state index contributed by atoms with van der Waals surface area (Å²) < 4.78 is 15.4. The molecule has 19 heavy (non-hydrogen) atoms. The van der Waals surface area contributed by atoms with Gasteiger partial charge in [-0.15, -0.1) is 0 Å². The number of amides is 1. The highest BCUT2D eigenvalue weighted by Gasteiger charge is 2.27. The van der Waals surface area contributed by atoms with Crippen LogP contribution >= 0.6 is 0 Å². The van der Waals surface area contributed by atoms with E-state index in [9.17, 15) is 9.18 Å². The zero-order chi connectivity index (χ0) is 13.4. The van der Waals surface area contributed by atoms with Gasteiger partial charge in [0.25, 0.3) is 5.91 Å². The molecule has 1 heterocycles. The van der Waals surface area contributed by atoms with Crippen LogP contribution in [0.25, 0.3) is 0 Å². The molecule has 0 bridgehead atoms. The number of hydrogen-bond acceptors (Lipinski definition) is 2. The van der Waals surface area contributed by atoms with Crippen molar-refractivity contribution in [2.75, 3.05) is 11.1 Å². The fraction of sp³-hybridized carbons (Fsp3) is 0.214. The Balaban J connectivity index is 1.86. The molecule has 1 saturated carbocycles. The zero-order valence-electron chi connectivity index (χ0n) is 10.3. The highest BCUT2D eigenvalue weighted by Crippen LogP contribution is 2.37. The fourth-order valence-corrected chi connectivity index (χ4v) is 2.09. The monoisotopic (exact) mass is 259 g/mol. The maximum Gasteiger partial charge on any atom is 0.272 e. The highest BCUT2D eigenvalue weighted by atomic mass is 19.1. The van der Waals surface area contributed by atoms with Crippen molar-refractivity contribution < 1.29 is 9.18 Å². The van der Waals surface area contributed by atoms with E-state index in [1.807, 2.05) is 4.57 Å². The molecule has 1 fully saturated rings. The minimum atomic E-state index is -0.451. The van der Waals surface area contributed by atoms with Crippen LogP contribution in [0.15, 0.2) is 36.5 Å². The second kappa shape index (κ2) is 4.42. The number of carbonyl (C=O) groups excluding carboxylic acids is 1. The van der Waals surface area contributed by atoms with Crippen molar-refractivity contribution in [2.24, 2.45) is 0 Å². The van der Waals surface area contributed by atoms with Gasteiger partial charge in [0.2, 0.25) is 0 Å². The summed E-state index contributed by atoms with van der Waals surface area (Å²) in [5, 5.41) is 2.57. The van der Waals surface area contributed by atoms with E-state index in [0.717, 1.165) is 12.8 Å². The third-order valence-electron chi connectivity index (χ3n) is 3.16. The molecule has 0 unspecified atom stereocenters. The van der Waals surface area contributed by atoms with Gasteiger partial charge < -0.3 is 15.6 Å². The van der Waals surface area contributed by atoms with Gasteiger partial charge >= 0.3 is 0 Å². The average molecular weight is 259 g/mol. The van der Waals surface area contributed by atoms with E-state index in [1.165, 1.54) is 12.1 Å². The van der Waals surface area contributed by atoms with E-state index in [0.29, 0.717) is 17.4 Å². The van der Waals surface area contributed by atoms with E-state index < -0.39 is 5.82 Å². The van der Waals surface area contributed by atoms with Gasteiger partial charge in [-0.2, -0.15) is 0 Å². The Morgan fingerprint density at radius 3 is 2.79 bits per heavy atom. The number of aromatic nitrogens is 1. The lowest BCUT2D eigenvalue weighted by Gasteiger charge is -2.09. The average Bonchev–Trinajstić information content (AvgIpc) is 3.15. The predicted molar refractivity (Wildman–Crippen MR) is 71.5 cm³/mol. The summed E-state index contributed by atoms with van der Waals surface area (Å²) in [4.78, 5) is 12.2. The number of hydrogen-bond donors (Lipinski definition) is 2. The van der Waals surface area contributed by atoms with Crippen molar-refractivity contribution >= 4 is 17.3 Å². The minimum absolute atomic E-state index is 0.176. The molecule has 98 valence electrons. The van der Waals surface area contributed by atoms with Gasteiger partial charge in [-0.05, 0) is 31.0 Å². The number of anilines is 2. The molecule has 1 aliphatic rings. The van der Waals surface area contributed by atoms with Gasteiger partial charge in [0.05, 0.1) is 11.4 Å². The molecule has 0 atom stereocenters. The smallest absolute Gasteiger partial charge is 0.272 e. The first-order valence-corrected chi connectivity index (χ1v) is 6.18. The Hall–Kier alpha value is -2.30. The third kappa shape index (κ3) is 2.31. The first kappa shape index (κ1) is 11.8. The SMILES string of the molecule is Nc1cc(C(=O)Nc2ccccc2F)n(C2CC2)c1. The van der Waals surface area contributed by atoms with Crippen molar-refractivity contribution in [1.82, 2.24) is 4.57 Å². The first-order chi connectivity index (χ1) is 9.15. The van der Waals surface area contributed by atoms with Crippen LogP contribution in [-0.2, 0) is 0 Å². The molecular formula is C14H14FN3O. The number of nitrogens with zero attached hydrogens (tertiary/aromatic N) is 1. The Morgan fingerprint density at radius 2 is 2.11 bits per heavy atom. The van der Waals surface area contributed by atoms with Crippen LogP contribution in [0.2, 0.25) is 0 Å². The summed E-state index contributed by atoms with van der Waals surface area (Å²) in [6.07, 6.45) is 3.86. The third-order valence-corrected chi connectivity index (χ3v) is 3.16. The van der Waals surface area contributed by atoms with Crippen molar-refractivity contribution in [2.45, 2.75) is 18.9 Å². The van der Waals surface area contributed by atoms with Crippen molar-refractivity contribution in [1.29, 1.82) is 0 Å². The standard InChI is InChI=1S/C14H14FN3O/c15-11-3-1-2-4-12(11)17-14(19)13-7-9(16)8-18(13)10-5-6-10/h1-4,7-8,10H,5-6,16H2,(H,17,19). The summed E-state index contributed by atoms with van der Waals surface area (Å²) in [7, 11) is 0. The van der Waals surface area contributed by atoms with Gasteiger partial charge in [-0.25, -0.2) is 4.39 Å². The summed E-state index contributed by atoms with van der Waals surface area (Å²) >= 11 is 0. The molecule has 5 heteroatoms. The zero-order valence-corrected chi connectivity index (χ0v) is 10.3. The van der Waals surface area contributed by atoms with Gasteiger partial charge in [-0.1, -0.05) is 12.1 Å². The lowest BCUT2D eigenvalue weighted by molar-refractivity contribution is 0.101. The molecule has 1 aliphatic carbocycles. The normalized spacial score (nSPS) is 14.4. The van der Waals surface area contributed by atoms with Crippen molar-refractivity contribution in [3.05, 3.63) is 48.0 Å². The molecular weight excluding hydrogens is 245 g/mol. The van der Waals surface area contributed by atoms with Crippen molar-refractivity contribution in [3.63, 3.8) is 0 Å². The van der Waals surface area contributed by atoms with E-state index in [2.05, 4.69) is 5.32 Å². The topological polar surface area (TPSA) is 60.1 Å². The number of carbonyl (C=O) groups is 1. The van der Waals surface area contributed by atoms with E-state index in [1.54, 1.807) is 24.4 Å². The lowest BCUT2D eigenvalue weighted by Crippen LogP contribution is -2.17. The molecule has 1 aromatic heterocycles. The minimum Gasteiger partial charge on any atom is -0.397 e. The summed E-state index contributed by atoms with van der Waals surface area (Å²) in [5.74, 6) is -0.790. The predicted octanol–water partition coefficient (Wildman–Crippen LogP) is 2.80. The maximum atomic E-state index is 13.5. The van der Waals surface area contributed by atoms with E-state index in [4.69, 9.17) is 5.73 Å². The summed E-state index contributed by atoms with van der Waals surface area (Å²) in [5.41, 5.74) is 6.93. The molecule has 3 rings (SSSR count). The second-order valence-electron chi connectivity index (χ2n) is 4.73. The van der Waals surface area contributed by atoms with Crippen LogP contribution in [0.3, 0.4) is 0 Å². The van der Waals surface area contributed by atoms with Crippen LogP contribution in [0, 0.1) is 5.82 Å². The molecule has 1 amide bonds. The Labute approximate surface area is 110 Å². The van der Waals surface area contributed by atoms with Crippen LogP contribution in [0.4, 0.5) is 15.8 Å². The number of nitrogens with two attached hydrogens (primary N) is 1. The fourth-order valence-electron chi connectivity index (χ4n) is 2.09. The lowest BCUT2D eigenvalue weighted by atomic mass is 10.3. The molecule has 0 spiro atoms. The highest BCUT2D eigenvalue weighted by molar-refractivity contribution is 6.04. The van der Waals surface area contributed by atoms with Crippen LogP contribution in [-0.4, -0.2) is 10.5 Å². The molecule has 4 nitrogen and oxygen atoms in total. The van der Waals surface area contributed by atoms with Crippen LogP contribution in [0.1, 0.15) is 29.4 Å². The van der Waals surface area contributed by atoms with Crippen LogP contribution < -0.4 is 11.1 Å². The number of halogens is 1. The van der Waals surface area contributed by atoms with Crippen molar-refractivity contribution in [3.8, 4) is 0 Å². The summed E-state index contributed by atoms with van der Waals surface area (Å²) in [6, 6.07) is 8.06. The second-order valence-corrected chi connectivity index (χ2v) is 4.73. The van der Waals surface area contributed by atoms with E-state index >= 15 is 0 Å². The van der Waals surface area contributed by atoms with E-state index in [-0.39, 0.29) is 11.6 Å². The van der Waals surface area contributed by atoms with Gasteiger partial charge in [0.1, 0.15) is 11.5 Å². The van der Waals surface area contributed by atoms with Gasteiger partial charge in [-0.3, -0.25) is 4.79 Å². The van der Waals surface area contributed by atoms with Gasteiger partial charge in [0.15, 0.2) is 0 Å². The molecule has 0 saturated heterocycles. The Kier molecular flexibility index (Phi) is 2.74. The van der Waals surface area contributed by atoms with Gasteiger partial charge in [0, 0.05) is 12.2 Å². The maximum absolute atomic E-state index is 13.5. The number of benzene rings is 1. The number of rotatable bonds is 3. The molecule has 2 aromatic rings. The number of nitrogen functional groups attached to an aromatic ring is 1. The van der Waals surface area contributed by atoms with Crippen LogP contribution in [0.5, 0.6) is 0 Å². The first-order valence-electron chi connectivity index (χ1n) is 6.18. The molecule has 3 N–H and O–H groups in total. The Bertz CT molecular complexity index is 631. The quantitative estimate of drug-likeness (QED) is 0.890. The number of nitrogens with one attached hydrogen (secondary N) is 1. The molecule has 1 aromatic carbocycles. The molecule has 0 radical (unpaired) electrons. The largest absolute Gasteiger partial charge is 0.397 e. The number of para-hydroxylation sites is 1.